The Labute approximate surface area is 120 Å². The minimum Gasteiger partial charge on any atom is -0.478 e. The van der Waals surface area contributed by atoms with Crippen LogP contribution in [0.5, 0.6) is 0 Å². The first-order valence-electron chi connectivity index (χ1n) is 7.74. The molecule has 0 spiro atoms. The number of carbonyl (C=O) groups is 1. The number of hydrogen-bond donors (Lipinski definition) is 1. The fourth-order valence-corrected chi connectivity index (χ4v) is 3.19. The van der Waals surface area contributed by atoms with Crippen LogP contribution in [0.4, 0.5) is 0 Å². The summed E-state index contributed by atoms with van der Waals surface area (Å²) < 4.78 is 0. The lowest BCUT2D eigenvalue weighted by atomic mass is 9.79. The van der Waals surface area contributed by atoms with Gasteiger partial charge in [0.25, 0.3) is 0 Å². The van der Waals surface area contributed by atoms with Crippen molar-refractivity contribution in [2.75, 3.05) is 0 Å². The zero-order chi connectivity index (χ0) is 14.5. The molecule has 1 fully saturated rings. The highest BCUT2D eigenvalue weighted by molar-refractivity contribution is 5.88. The maximum atomic E-state index is 11.1. The molecule has 1 aromatic heterocycles. The van der Waals surface area contributed by atoms with Crippen LogP contribution in [0.1, 0.15) is 80.2 Å². The topological polar surface area (TPSA) is 63.1 Å². The van der Waals surface area contributed by atoms with Gasteiger partial charge in [-0.2, -0.15) is 0 Å². The minimum atomic E-state index is -0.931. The Kier molecular flexibility index (Phi) is 5.10. The molecular weight excluding hydrogens is 252 g/mol. The van der Waals surface area contributed by atoms with Gasteiger partial charge in [-0.15, -0.1) is 0 Å². The SMILES string of the molecule is CCCC1CCC(c2ncc(C(=O)O)c(CC)n2)CC1. The number of aryl methyl sites for hydroxylation is 1. The van der Waals surface area contributed by atoms with Gasteiger partial charge in [-0.3, -0.25) is 0 Å². The van der Waals surface area contributed by atoms with Crippen molar-refractivity contribution in [1.82, 2.24) is 9.97 Å². The molecule has 4 heteroatoms. The molecule has 110 valence electrons. The highest BCUT2D eigenvalue weighted by Crippen LogP contribution is 2.36. The summed E-state index contributed by atoms with van der Waals surface area (Å²) in [7, 11) is 0. The molecule has 1 aliphatic rings. The third kappa shape index (κ3) is 3.35. The Balaban J connectivity index is 2.08. The summed E-state index contributed by atoms with van der Waals surface area (Å²) in [6.45, 7) is 4.18. The molecule has 0 aliphatic heterocycles. The summed E-state index contributed by atoms with van der Waals surface area (Å²) in [5.41, 5.74) is 0.911. The fourth-order valence-electron chi connectivity index (χ4n) is 3.19. The Morgan fingerprint density at radius 3 is 2.55 bits per heavy atom. The fraction of sp³-hybridized carbons (Fsp3) is 0.688. The van der Waals surface area contributed by atoms with Crippen LogP contribution in [0.15, 0.2) is 6.20 Å². The van der Waals surface area contributed by atoms with E-state index in [0.717, 1.165) is 24.6 Å². The Morgan fingerprint density at radius 1 is 1.30 bits per heavy atom. The second-order valence-corrected chi connectivity index (χ2v) is 5.75. The van der Waals surface area contributed by atoms with Crippen LogP contribution in [0.3, 0.4) is 0 Å². The number of nitrogens with zero attached hydrogens (tertiary/aromatic N) is 2. The van der Waals surface area contributed by atoms with Crippen LogP contribution in [0, 0.1) is 5.92 Å². The predicted molar refractivity (Wildman–Crippen MR) is 78.0 cm³/mol. The smallest absolute Gasteiger partial charge is 0.339 e. The summed E-state index contributed by atoms with van der Waals surface area (Å²) in [6, 6.07) is 0. The number of carboxylic acid groups (broad SMARTS) is 1. The predicted octanol–water partition coefficient (Wildman–Crippen LogP) is 3.81. The van der Waals surface area contributed by atoms with Crippen molar-refractivity contribution in [2.24, 2.45) is 5.92 Å². The van der Waals surface area contributed by atoms with Crippen LogP contribution in [0.25, 0.3) is 0 Å². The van der Waals surface area contributed by atoms with E-state index in [2.05, 4.69) is 16.9 Å². The summed E-state index contributed by atoms with van der Waals surface area (Å²) in [5.74, 6) is 1.19. The molecule has 2 rings (SSSR count). The van der Waals surface area contributed by atoms with Crippen molar-refractivity contribution < 1.29 is 9.90 Å². The number of rotatable bonds is 5. The molecular formula is C16H24N2O2. The van der Waals surface area contributed by atoms with E-state index in [0.29, 0.717) is 18.0 Å². The van der Waals surface area contributed by atoms with Crippen molar-refractivity contribution in [3.8, 4) is 0 Å². The summed E-state index contributed by atoms with van der Waals surface area (Å²) in [4.78, 5) is 19.9. The van der Waals surface area contributed by atoms with Gasteiger partial charge in [0.15, 0.2) is 0 Å². The number of aromatic carboxylic acids is 1. The molecule has 1 N–H and O–H groups in total. The van der Waals surface area contributed by atoms with Gasteiger partial charge in [-0.1, -0.05) is 26.7 Å². The van der Waals surface area contributed by atoms with Crippen LogP contribution in [-0.4, -0.2) is 21.0 Å². The highest BCUT2D eigenvalue weighted by Gasteiger charge is 2.24. The molecule has 0 atom stereocenters. The second-order valence-electron chi connectivity index (χ2n) is 5.75. The van der Waals surface area contributed by atoms with E-state index >= 15 is 0 Å². The van der Waals surface area contributed by atoms with Crippen LogP contribution < -0.4 is 0 Å². The van der Waals surface area contributed by atoms with Gasteiger partial charge in [0, 0.05) is 12.1 Å². The van der Waals surface area contributed by atoms with E-state index in [4.69, 9.17) is 5.11 Å². The maximum Gasteiger partial charge on any atom is 0.339 e. The lowest BCUT2D eigenvalue weighted by Gasteiger charge is -2.27. The monoisotopic (exact) mass is 276 g/mol. The van der Waals surface area contributed by atoms with Gasteiger partial charge in [0.05, 0.1) is 11.3 Å². The lowest BCUT2D eigenvalue weighted by Crippen LogP contribution is -2.17. The Morgan fingerprint density at radius 2 is 2.00 bits per heavy atom. The van der Waals surface area contributed by atoms with Crippen molar-refractivity contribution >= 4 is 5.97 Å². The van der Waals surface area contributed by atoms with Crippen molar-refractivity contribution in [1.29, 1.82) is 0 Å². The molecule has 0 amide bonds. The molecule has 0 radical (unpaired) electrons. The molecule has 1 saturated carbocycles. The van der Waals surface area contributed by atoms with Crippen LogP contribution in [-0.2, 0) is 6.42 Å². The first-order chi connectivity index (χ1) is 9.65. The summed E-state index contributed by atoms with van der Waals surface area (Å²) in [5, 5.41) is 9.11. The zero-order valence-corrected chi connectivity index (χ0v) is 12.4. The number of carboxylic acids is 1. The molecule has 20 heavy (non-hydrogen) atoms. The van der Waals surface area contributed by atoms with Crippen molar-refractivity contribution in [3.05, 3.63) is 23.3 Å². The first kappa shape index (κ1) is 14.9. The van der Waals surface area contributed by atoms with E-state index in [1.807, 2.05) is 6.92 Å². The van der Waals surface area contributed by atoms with E-state index in [-0.39, 0.29) is 5.56 Å². The number of hydrogen-bond acceptors (Lipinski definition) is 3. The average molecular weight is 276 g/mol. The molecule has 1 aromatic rings. The van der Waals surface area contributed by atoms with Gasteiger partial charge >= 0.3 is 5.97 Å². The molecule has 0 bridgehead atoms. The van der Waals surface area contributed by atoms with E-state index in [1.165, 1.54) is 31.9 Å². The van der Waals surface area contributed by atoms with Gasteiger partial charge in [-0.05, 0) is 38.0 Å². The van der Waals surface area contributed by atoms with Gasteiger partial charge in [-0.25, -0.2) is 14.8 Å². The first-order valence-corrected chi connectivity index (χ1v) is 7.74. The molecule has 0 unspecified atom stereocenters. The quantitative estimate of drug-likeness (QED) is 0.888. The lowest BCUT2D eigenvalue weighted by molar-refractivity contribution is 0.0694. The third-order valence-electron chi connectivity index (χ3n) is 4.36. The van der Waals surface area contributed by atoms with Gasteiger partial charge < -0.3 is 5.11 Å². The average Bonchev–Trinajstić information content (AvgIpc) is 2.47. The van der Waals surface area contributed by atoms with E-state index in [1.54, 1.807) is 0 Å². The van der Waals surface area contributed by atoms with E-state index in [9.17, 15) is 4.79 Å². The largest absolute Gasteiger partial charge is 0.478 e. The van der Waals surface area contributed by atoms with Crippen molar-refractivity contribution in [3.63, 3.8) is 0 Å². The number of aromatic nitrogens is 2. The molecule has 1 heterocycles. The van der Waals surface area contributed by atoms with Gasteiger partial charge in [0.2, 0.25) is 0 Å². The van der Waals surface area contributed by atoms with E-state index < -0.39 is 5.97 Å². The molecule has 1 aliphatic carbocycles. The molecule has 4 nitrogen and oxygen atoms in total. The third-order valence-corrected chi connectivity index (χ3v) is 4.36. The molecule has 0 aromatic carbocycles. The summed E-state index contributed by atoms with van der Waals surface area (Å²) in [6.07, 6.45) is 9.50. The minimum absolute atomic E-state index is 0.246. The normalized spacial score (nSPS) is 22.7. The van der Waals surface area contributed by atoms with Gasteiger partial charge in [0.1, 0.15) is 5.82 Å². The molecule has 0 saturated heterocycles. The standard InChI is InChI=1S/C16H24N2O2/c1-3-5-11-6-8-12(9-7-11)15-17-10-13(16(19)20)14(4-2)18-15/h10-12H,3-9H2,1-2H3,(H,19,20). The van der Waals surface area contributed by atoms with Crippen LogP contribution >= 0.6 is 0 Å². The summed E-state index contributed by atoms with van der Waals surface area (Å²) >= 11 is 0. The zero-order valence-electron chi connectivity index (χ0n) is 12.4. The highest BCUT2D eigenvalue weighted by atomic mass is 16.4. The second kappa shape index (κ2) is 6.82. The van der Waals surface area contributed by atoms with Crippen molar-refractivity contribution in [2.45, 2.75) is 64.7 Å². The Hall–Kier alpha value is -1.45. The van der Waals surface area contributed by atoms with Crippen LogP contribution in [0.2, 0.25) is 0 Å². The maximum absolute atomic E-state index is 11.1. The Bertz CT molecular complexity index is 466.